The molecule has 0 amide bonds. The standard InChI is InChI=1S/C4H6Br3/c1-3(2)4(5,6)7/h1-2H3. The summed E-state index contributed by atoms with van der Waals surface area (Å²) in [5.41, 5.74) is 0. The molecule has 3 heteroatoms. The average molecular weight is 294 g/mol. The lowest BCUT2D eigenvalue weighted by Crippen LogP contribution is -2.05. The molecule has 7 heavy (non-hydrogen) atoms. The molecular formula is C4H6Br3. The van der Waals surface area contributed by atoms with Crippen molar-refractivity contribution in [3.8, 4) is 0 Å². The molecule has 0 aliphatic carbocycles. The van der Waals surface area contributed by atoms with Crippen LogP contribution in [0.4, 0.5) is 0 Å². The molecule has 0 atom stereocenters. The summed E-state index contributed by atoms with van der Waals surface area (Å²) in [5, 5.41) is 0. The van der Waals surface area contributed by atoms with Crippen LogP contribution in [0.25, 0.3) is 0 Å². The zero-order valence-electron chi connectivity index (χ0n) is 4.13. The molecule has 0 aromatic rings. The summed E-state index contributed by atoms with van der Waals surface area (Å²) in [5.74, 6) is 1.24. The summed E-state index contributed by atoms with van der Waals surface area (Å²) in [7, 11) is 0. The van der Waals surface area contributed by atoms with Crippen molar-refractivity contribution in [3.05, 3.63) is 5.92 Å². The van der Waals surface area contributed by atoms with E-state index < -0.39 is 0 Å². The second-order valence-electron chi connectivity index (χ2n) is 1.50. The van der Waals surface area contributed by atoms with Gasteiger partial charge in [-0.25, -0.2) is 0 Å². The Kier molecular flexibility index (Phi) is 3.41. The van der Waals surface area contributed by atoms with Crippen LogP contribution in [0, 0.1) is 5.92 Å². The Morgan fingerprint density at radius 3 is 1.29 bits per heavy atom. The maximum absolute atomic E-state index is 3.34. The Morgan fingerprint density at radius 2 is 1.29 bits per heavy atom. The summed E-state index contributed by atoms with van der Waals surface area (Å²) < 4.78 is -0.146. The van der Waals surface area contributed by atoms with E-state index in [1.165, 1.54) is 5.92 Å². The fraction of sp³-hybridized carbons (Fsp3) is 0.750. The molecule has 0 aliphatic heterocycles. The Labute approximate surface area is 69.4 Å². The monoisotopic (exact) mass is 291 g/mol. The molecule has 0 bridgehead atoms. The summed E-state index contributed by atoms with van der Waals surface area (Å²) in [4.78, 5) is 0. The normalized spacial score (nSPS) is 12.9. The molecule has 0 fully saturated rings. The molecule has 0 nitrogen and oxygen atoms in total. The third kappa shape index (κ3) is 3.98. The van der Waals surface area contributed by atoms with Crippen LogP contribution >= 0.6 is 47.8 Å². The molecule has 0 aromatic heterocycles. The van der Waals surface area contributed by atoms with Gasteiger partial charge in [-0.1, -0.05) is 61.6 Å². The van der Waals surface area contributed by atoms with Crippen LogP contribution in [-0.2, 0) is 0 Å². The summed E-state index contributed by atoms with van der Waals surface area (Å²) in [6, 6.07) is 0. The largest absolute Gasteiger partial charge is 0.140 e. The molecule has 43 valence electrons. The lowest BCUT2D eigenvalue weighted by molar-refractivity contribution is 1.07. The second-order valence-corrected chi connectivity index (χ2v) is 8.26. The molecule has 0 saturated heterocycles. The Balaban J connectivity index is 3.54. The molecular weight excluding hydrogens is 288 g/mol. The van der Waals surface area contributed by atoms with E-state index in [0.717, 1.165) is 0 Å². The molecule has 0 unspecified atom stereocenters. The van der Waals surface area contributed by atoms with Gasteiger partial charge in [0.25, 0.3) is 0 Å². The van der Waals surface area contributed by atoms with Gasteiger partial charge in [0.15, 0.2) is 0 Å². The first kappa shape index (κ1) is 8.44. The Morgan fingerprint density at radius 1 is 1.14 bits per heavy atom. The highest BCUT2D eigenvalue weighted by Crippen LogP contribution is 2.41. The first-order valence-corrected chi connectivity index (χ1v) is 4.20. The minimum atomic E-state index is -0.146. The van der Waals surface area contributed by atoms with Crippen molar-refractivity contribution >= 4 is 47.8 Å². The van der Waals surface area contributed by atoms with Crippen molar-refractivity contribution < 1.29 is 0 Å². The summed E-state index contributed by atoms with van der Waals surface area (Å²) >= 11 is 10.0. The first-order valence-electron chi connectivity index (χ1n) is 1.82. The zero-order valence-corrected chi connectivity index (χ0v) is 8.89. The molecule has 0 aromatic carbocycles. The SMILES string of the molecule is C[C](C)C(Br)(Br)Br. The molecule has 0 spiro atoms. The van der Waals surface area contributed by atoms with Crippen LogP contribution in [0.2, 0.25) is 0 Å². The lowest BCUT2D eigenvalue weighted by atomic mass is 10.3. The summed E-state index contributed by atoms with van der Waals surface area (Å²) in [6.07, 6.45) is 0. The molecule has 1 radical (unpaired) electrons. The highest BCUT2D eigenvalue weighted by molar-refractivity contribution is 9.39. The van der Waals surface area contributed by atoms with Crippen LogP contribution in [0.3, 0.4) is 0 Å². The van der Waals surface area contributed by atoms with Crippen LogP contribution in [-0.4, -0.2) is 2.14 Å². The Hall–Kier alpha value is 1.44. The zero-order chi connectivity index (χ0) is 6.08. The van der Waals surface area contributed by atoms with Gasteiger partial charge in [0.1, 0.15) is 2.14 Å². The third-order valence-electron chi connectivity index (χ3n) is 0.567. The number of halogens is 3. The van der Waals surface area contributed by atoms with Gasteiger partial charge in [-0.3, -0.25) is 0 Å². The van der Waals surface area contributed by atoms with Crippen LogP contribution < -0.4 is 0 Å². The van der Waals surface area contributed by atoms with Gasteiger partial charge in [0.2, 0.25) is 0 Å². The van der Waals surface area contributed by atoms with Crippen molar-refractivity contribution in [2.45, 2.75) is 16.0 Å². The van der Waals surface area contributed by atoms with E-state index in [9.17, 15) is 0 Å². The number of alkyl halides is 3. The van der Waals surface area contributed by atoms with Crippen LogP contribution in [0.1, 0.15) is 13.8 Å². The van der Waals surface area contributed by atoms with E-state index in [0.29, 0.717) is 0 Å². The average Bonchev–Trinajstić information content (AvgIpc) is 1.31. The van der Waals surface area contributed by atoms with Crippen molar-refractivity contribution in [3.63, 3.8) is 0 Å². The minimum Gasteiger partial charge on any atom is -0.0593 e. The van der Waals surface area contributed by atoms with Crippen molar-refractivity contribution in [1.82, 2.24) is 0 Å². The van der Waals surface area contributed by atoms with E-state index in [-0.39, 0.29) is 2.14 Å². The van der Waals surface area contributed by atoms with Crippen molar-refractivity contribution in [2.24, 2.45) is 0 Å². The second kappa shape index (κ2) is 2.83. The van der Waals surface area contributed by atoms with Gasteiger partial charge in [-0.05, 0) is 0 Å². The predicted octanol–water partition coefficient (Wildman–Crippen LogP) is 3.44. The van der Waals surface area contributed by atoms with Gasteiger partial charge in [-0.15, -0.1) is 0 Å². The maximum atomic E-state index is 3.34. The van der Waals surface area contributed by atoms with Crippen molar-refractivity contribution in [1.29, 1.82) is 0 Å². The third-order valence-corrected chi connectivity index (χ3v) is 2.95. The minimum absolute atomic E-state index is 0.146. The van der Waals surface area contributed by atoms with E-state index >= 15 is 0 Å². The quantitative estimate of drug-likeness (QED) is 0.600. The molecule has 0 N–H and O–H groups in total. The molecule has 0 aliphatic rings. The smallest absolute Gasteiger partial charge is 0.0593 e. The lowest BCUT2D eigenvalue weighted by Gasteiger charge is -2.14. The van der Waals surface area contributed by atoms with Gasteiger partial charge in [0.05, 0.1) is 0 Å². The van der Waals surface area contributed by atoms with Gasteiger partial charge >= 0.3 is 0 Å². The number of hydrogen-bond acceptors (Lipinski definition) is 0. The highest BCUT2D eigenvalue weighted by Gasteiger charge is 2.22. The van der Waals surface area contributed by atoms with E-state index in [1.807, 2.05) is 13.8 Å². The number of hydrogen-bond donors (Lipinski definition) is 0. The van der Waals surface area contributed by atoms with E-state index in [4.69, 9.17) is 0 Å². The van der Waals surface area contributed by atoms with E-state index in [1.54, 1.807) is 0 Å². The van der Waals surface area contributed by atoms with E-state index in [2.05, 4.69) is 47.8 Å². The predicted molar refractivity (Wildman–Crippen MR) is 44.1 cm³/mol. The first-order chi connectivity index (χ1) is 2.94. The number of rotatable bonds is 0. The van der Waals surface area contributed by atoms with Gasteiger partial charge in [0, 0.05) is 5.92 Å². The maximum Gasteiger partial charge on any atom is 0.140 e. The molecule has 0 rings (SSSR count). The molecule has 0 heterocycles. The van der Waals surface area contributed by atoms with Crippen molar-refractivity contribution in [2.75, 3.05) is 0 Å². The highest BCUT2D eigenvalue weighted by atomic mass is 80.0. The Bertz CT molecular complexity index is 52.4. The van der Waals surface area contributed by atoms with Gasteiger partial charge in [-0.2, -0.15) is 0 Å². The topological polar surface area (TPSA) is 0 Å². The van der Waals surface area contributed by atoms with Crippen LogP contribution in [0.5, 0.6) is 0 Å². The van der Waals surface area contributed by atoms with Crippen LogP contribution in [0.15, 0.2) is 0 Å². The summed E-state index contributed by atoms with van der Waals surface area (Å²) in [6.45, 7) is 4.05. The fourth-order valence-corrected chi connectivity index (χ4v) is 0. The molecule has 0 saturated carbocycles. The van der Waals surface area contributed by atoms with Gasteiger partial charge < -0.3 is 0 Å². The fourth-order valence-electron chi connectivity index (χ4n) is 0.